The first-order valence-electron chi connectivity index (χ1n) is 10.1. The van der Waals surface area contributed by atoms with Crippen LogP contribution in [0.15, 0.2) is 76.5 Å². The standard InChI is InChI=1S/C24H16F7NO3S/c1-13(32-22(34)23(26,27)28)14-6-8-15(9-7-14)21(33)17-11-10-16(35-24(29,30)31)12-20(17)36-19-5-3-2-4-18(19)25/h2-13H,1H3,(H,32,34). The highest BCUT2D eigenvalue weighted by atomic mass is 32.2. The van der Waals surface area contributed by atoms with Crippen molar-refractivity contribution < 1.29 is 45.1 Å². The lowest BCUT2D eigenvalue weighted by Gasteiger charge is -2.16. The van der Waals surface area contributed by atoms with Crippen LogP contribution in [0.3, 0.4) is 0 Å². The van der Waals surface area contributed by atoms with E-state index in [1.807, 2.05) is 0 Å². The second-order valence-corrected chi connectivity index (χ2v) is 8.47. The van der Waals surface area contributed by atoms with E-state index in [0.717, 1.165) is 36.0 Å². The zero-order chi connectivity index (χ0) is 26.7. The van der Waals surface area contributed by atoms with Crippen molar-refractivity contribution in [1.29, 1.82) is 0 Å². The van der Waals surface area contributed by atoms with Gasteiger partial charge in [0.1, 0.15) is 11.6 Å². The summed E-state index contributed by atoms with van der Waals surface area (Å²) in [5.74, 6) is -4.01. The molecule has 0 aromatic heterocycles. The van der Waals surface area contributed by atoms with E-state index in [9.17, 15) is 40.3 Å². The first kappa shape index (κ1) is 27.1. The Bertz CT molecular complexity index is 1260. The number of ketones is 1. The molecule has 4 nitrogen and oxygen atoms in total. The van der Waals surface area contributed by atoms with E-state index in [2.05, 4.69) is 4.74 Å². The van der Waals surface area contributed by atoms with Gasteiger partial charge in [0.25, 0.3) is 0 Å². The summed E-state index contributed by atoms with van der Waals surface area (Å²) in [4.78, 5) is 24.3. The minimum Gasteiger partial charge on any atom is -0.406 e. The van der Waals surface area contributed by atoms with Gasteiger partial charge in [-0.15, -0.1) is 13.2 Å². The highest BCUT2D eigenvalue weighted by molar-refractivity contribution is 7.99. The van der Waals surface area contributed by atoms with Crippen molar-refractivity contribution in [1.82, 2.24) is 5.32 Å². The van der Waals surface area contributed by atoms with Crippen molar-refractivity contribution in [3.05, 3.63) is 89.2 Å². The maximum absolute atomic E-state index is 14.2. The molecule has 1 unspecified atom stereocenters. The van der Waals surface area contributed by atoms with Crippen LogP contribution >= 0.6 is 11.8 Å². The van der Waals surface area contributed by atoms with Gasteiger partial charge in [-0.2, -0.15) is 13.2 Å². The molecule has 3 rings (SSSR count). The van der Waals surface area contributed by atoms with E-state index >= 15 is 0 Å². The predicted molar refractivity (Wildman–Crippen MR) is 116 cm³/mol. The second-order valence-electron chi connectivity index (χ2n) is 7.38. The first-order chi connectivity index (χ1) is 16.7. The molecular weight excluding hydrogens is 515 g/mol. The average molecular weight is 531 g/mol. The van der Waals surface area contributed by atoms with E-state index in [1.54, 1.807) is 5.32 Å². The fraction of sp³-hybridized carbons (Fsp3) is 0.167. The summed E-state index contributed by atoms with van der Waals surface area (Å²) < 4.78 is 93.6. The number of carbonyl (C=O) groups excluding carboxylic acids is 2. The lowest BCUT2D eigenvalue weighted by molar-refractivity contribution is -0.274. The molecular formula is C24H16F7NO3S. The highest BCUT2D eigenvalue weighted by Crippen LogP contribution is 2.37. The van der Waals surface area contributed by atoms with Crippen LogP contribution in [0.5, 0.6) is 5.75 Å². The van der Waals surface area contributed by atoms with Crippen LogP contribution in [-0.2, 0) is 4.79 Å². The molecule has 0 bridgehead atoms. The Balaban J connectivity index is 1.90. The van der Waals surface area contributed by atoms with Gasteiger partial charge in [-0.1, -0.05) is 48.2 Å². The molecule has 0 aliphatic heterocycles. The minimum atomic E-state index is -5.06. The maximum Gasteiger partial charge on any atom is 0.573 e. The molecule has 1 atom stereocenters. The minimum absolute atomic E-state index is 0.0123. The van der Waals surface area contributed by atoms with Crippen molar-refractivity contribution in [3.8, 4) is 5.75 Å². The normalized spacial score (nSPS) is 12.7. The molecule has 1 N–H and O–H groups in total. The van der Waals surface area contributed by atoms with E-state index < -0.39 is 41.8 Å². The zero-order valence-corrected chi connectivity index (χ0v) is 19.0. The van der Waals surface area contributed by atoms with Crippen LogP contribution in [0, 0.1) is 5.82 Å². The Morgan fingerprint density at radius 3 is 2.11 bits per heavy atom. The smallest absolute Gasteiger partial charge is 0.406 e. The number of amides is 1. The number of hydrogen-bond donors (Lipinski definition) is 1. The molecule has 36 heavy (non-hydrogen) atoms. The Morgan fingerprint density at radius 1 is 0.889 bits per heavy atom. The molecule has 0 heterocycles. The Kier molecular flexibility index (Phi) is 7.97. The van der Waals surface area contributed by atoms with Crippen molar-refractivity contribution >= 4 is 23.5 Å². The highest BCUT2D eigenvalue weighted by Gasteiger charge is 2.39. The third kappa shape index (κ3) is 7.00. The largest absolute Gasteiger partial charge is 0.573 e. The van der Waals surface area contributed by atoms with Crippen LogP contribution in [0.25, 0.3) is 0 Å². The number of halogens is 7. The molecule has 190 valence electrons. The van der Waals surface area contributed by atoms with Gasteiger partial charge in [0.05, 0.1) is 6.04 Å². The summed E-state index contributed by atoms with van der Waals surface area (Å²) in [6, 6.07) is 12.7. The summed E-state index contributed by atoms with van der Waals surface area (Å²) in [6.07, 6.45) is -10.0. The molecule has 0 saturated heterocycles. The van der Waals surface area contributed by atoms with Gasteiger partial charge in [0.15, 0.2) is 5.78 Å². The fourth-order valence-corrected chi connectivity index (χ4v) is 4.05. The predicted octanol–water partition coefficient (Wildman–Crippen LogP) is 6.85. The van der Waals surface area contributed by atoms with Gasteiger partial charge < -0.3 is 10.1 Å². The van der Waals surface area contributed by atoms with E-state index in [-0.39, 0.29) is 26.5 Å². The van der Waals surface area contributed by atoms with Crippen LogP contribution in [-0.4, -0.2) is 24.2 Å². The Hall–Kier alpha value is -3.54. The summed E-state index contributed by atoms with van der Waals surface area (Å²) >= 11 is 0.724. The topological polar surface area (TPSA) is 55.4 Å². The van der Waals surface area contributed by atoms with Gasteiger partial charge >= 0.3 is 18.4 Å². The quantitative estimate of drug-likeness (QED) is 0.268. The first-order valence-corrected chi connectivity index (χ1v) is 10.9. The average Bonchev–Trinajstić information content (AvgIpc) is 2.79. The maximum atomic E-state index is 14.2. The third-order valence-corrected chi connectivity index (χ3v) is 5.87. The molecule has 3 aromatic carbocycles. The molecule has 0 saturated carbocycles. The number of benzene rings is 3. The third-order valence-electron chi connectivity index (χ3n) is 4.77. The number of rotatable bonds is 7. The monoisotopic (exact) mass is 531 g/mol. The van der Waals surface area contributed by atoms with Gasteiger partial charge in [-0.05, 0) is 42.8 Å². The summed E-state index contributed by atoms with van der Waals surface area (Å²) in [5, 5.41) is 1.79. The molecule has 1 amide bonds. The zero-order valence-electron chi connectivity index (χ0n) is 18.2. The SMILES string of the molecule is CC(NC(=O)C(F)(F)F)c1ccc(C(=O)c2ccc(OC(F)(F)F)cc2Sc2ccccc2F)cc1. The number of carbonyl (C=O) groups is 2. The van der Waals surface area contributed by atoms with Gasteiger partial charge in [-0.3, -0.25) is 9.59 Å². The number of nitrogens with one attached hydrogen (secondary N) is 1. The Labute approximate surface area is 204 Å². The van der Waals surface area contributed by atoms with Crippen LogP contribution in [0.4, 0.5) is 30.7 Å². The number of ether oxygens (including phenoxy) is 1. The molecule has 0 radical (unpaired) electrons. The number of hydrogen-bond acceptors (Lipinski definition) is 4. The van der Waals surface area contributed by atoms with Crippen molar-refractivity contribution in [2.45, 2.75) is 35.3 Å². The van der Waals surface area contributed by atoms with Gasteiger partial charge in [-0.25, -0.2) is 4.39 Å². The second kappa shape index (κ2) is 10.6. The lowest BCUT2D eigenvalue weighted by Crippen LogP contribution is -2.38. The van der Waals surface area contributed by atoms with Gasteiger partial charge in [0.2, 0.25) is 0 Å². The Morgan fingerprint density at radius 2 is 1.53 bits per heavy atom. The van der Waals surface area contributed by atoms with Crippen molar-refractivity contribution in [2.24, 2.45) is 0 Å². The van der Waals surface area contributed by atoms with Crippen molar-refractivity contribution in [2.75, 3.05) is 0 Å². The van der Waals surface area contributed by atoms with Gasteiger partial charge in [0, 0.05) is 20.9 Å². The summed E-state index contributed by atoms with van der Waals surface area (Å²) in [7, 11) is 0. The van der Waals surface area contributed by atoms with E-state index in [0.29, 0.717) is 0 Å². The van der Waals surface area contributed by atoms with Crippen LogP contribution < -0.4 is 10.1 Å². The molecule has 12 heteroatoms. The molecule has 0 aliphatic carbocycles. The molecule has 0 aliphatic rings. The van der Waals surface area contributed by atoms with Crippen LogP contribution in [0.1, 0.15) is 34.5 Å². The lowest BCUT2D eigenvalue weighted by atomic mass is 10.00. The fourth-order valence-electron chi connectivity index (χ4n) is 3.06. The summed E-state index contributed by atoms with van der Waals surface area (Å²) in [6.45, 7) is 1.32. The van der Waals surface area contributed by atoms with Crippen LogP contribution in [0.2, 0.25) is 0 Å². The molecule has 0 spiro atoms. The van der Waals surface area contributed by atoms with E-state index in [4.69, 9.17) is 0 Å². The molecule has 3 aromatic rings. The summed E-state index contributed by atoms with van der Waals surface area (Å²) in [5.41, 5.74) is 0.288. The van der Waals surface area contributed by atoms with Crippen molar-refractivity contribution in [3.63, 3.8) is 0 Å². The molecule has 0 fully saturated rings. The van der Waals surface area contributed by atoms with E-state index in [1.165, 1.54) is 49.4 Å². The number of alkyl halides is 6.